The molecule has 0 N–H and O–H groups in total. The molecule has 0 radical (unpaired) electrons. The van der Waals surface area contributed by atoms with Gasteiger partial charge in [-0.3, -0.25) is 4.98 Å². The van der Waals surface area contributed by atoms with E-state index in [9.17, 15) is 8.42 Å². The summed E-state index contributed by atoms with van der Waals surface area (Å²) in [7, 11) is -3.69. The van der Waals surface area contributed by atoms with Gasteiger partial charge < -0.3 is 14.4 Å². The molecule has 2 saturated heterocycles. The zero-order valence-corrected chi connectivity index (χ0v) is 19.6. The standard InChI is InChI=1S/C26H28N2O4S/c1-26(2)31-22-18-28(20-13-15-27-16-14-20)24(25(22)32-26)23(17-19-9-5-3-6-10-19)33(29,30)21-11-7-4-8-12-21/h3-16,22-25H,17-18H2,1-2H3/t22-,23-,24+,25-/m1/s1. The van der Waals surface area contributed by atoms with E-state index >= 15 is 0 Å². The first-order valence-corrected chi connectivity index (χ1v) is 12.7. The van der Waals surface area contributed by atoms with E-state index in [2.05, 4.69) is 9.88 Å². The molecule has 2 aliphatic rings. The number of benzene rings is 2. The molecule has 3 aromatic rings. The van der Waals surface area contributed by atoms with Crippen LogP contribution in [0, 0.1) is 0 Å². The van der Waals surface area contributed by atoms with Crippen molar-refractivity contribution in [3.63, 3.8) is 0 Å². The topological polar surface area (TPSA) is 68.7 Å². The summed E-state index contributed by atoms with van der Waals surface area (Å²) in [4.78, 5) is 6.59. The molecule has 0 spiro atoms. The molecule has 0 unspecified atom stereocenters. The van der Waals surface area contributed by atoms with Gasteiger partial charge in [-0.05, 0) is 50.1 Å². The fourth-order valence-electron chi connectivity index (χ4n) is 5.06. The van der Waals surface area contributed by atoms with Crippen LogP contribution in [0.4, 0.5) is 5.69 Å². The molecular weight excluding hydrogens is 436 g/mol. The number of ether oxygens (including phenoxy) is 2. The van der Waals surface area contributed by atoms with E-state index in [1.165, 1.54) is 0 Å². The first-order valence-electron chi connectivity index (χ1n) is 11.2. The van der Waals surface area contributed by atoms with Crippen molar-refractivity contribution in [2.45, 2.75) is 54.5 Å². The Kier molecular flexibility index (Phi) is 5.72. The Labute approximate surface area is 195 Å². The van der Waals surface area contributed by atoms with Crippen LogP contribution in [0.2, 0.25) is 0 Å². The van der Waals surface area contributed by atoms with Gasteiger partial charge in [0.1, 0.15) is 12.2 Å². The van der Waals surface area contributed by atoms with Crippen molar-refractivity contribution < 1.29 is 17.9 Å². The Bertz CT molecular complexity index is 1190. The number of hydrogen-bond acceptors (Lipinski definition) is 6. The Morgan fingerprint density at radius 2 is 1.61 bits per heavy atom. The zero-order valence-electron chi connectivity index (χ0n) is 18.7. The molecule has 2 fully saturated rings. The summed E-state index contributed by atoms with van der Waals surface area (Å²) in [6.45, 7) is 4.33. The second-order valence-corrected chi connectivity index (χ2v) is 11.2. The lowest BCUT2D eigenvalue weighted by atomic mass is 10.00. The summed E-state index contributed by atoms with van der Waals surface area (Å²) in [5.74, 6) is -0.758. The van der Waals surface area contributed by atoms with Crippen molar-refractivity contribution in [3.8, 4) is 0 Å². The molecule has 0 saturated carbocycles. The number of nitrogens with zero attached hydrogens (tertiary/aromatic N) is 2. The van der Waals surface area contributed by atoms with Crippen LogP contribution in [0.15, 0.2) is 90.1 Å². The lowest BCUT2D eigenvalue weighted by Gasteiger charge is -2.36. The van der Waals surface area contributed by atoms with Gasteiger partial charge in [0.05, 0.1) is 16.2 Å². The molecule has 0 aliphatic carbocycles. The maximum absolute atomic E-state index is 14.1. The molecule has 0 amide bonds. The molecule has 7 heteroatoms. The summed E-state index contributed by atoms with van der Waals surface area (Å²) < 4.78 is 40.8. The fourth-order valence-corrected chi connectivity index (χ4v) is 7.02. The quantitative estimate of drug-likeness (QED) is 0.552. The van der Waals surface area contributed by atoms with Gasteiger partial charge in [-0.15, -0.1) is 0 Å². The highest BCUT2D eigenvalue weighted by molar-refractivity contribution is 7.92. The van der Waals surface area contributed by atoms with Gasteiger partial charge in [0.15, 0.2) is 15.6 Å². The van der Waals surface area contributed by atoms with Crippen molar-refractivity contribution in [1.82, 2.24) is 4.98 Å². The summed E-state index contributed by atoms with van der Waals surface area (Å²) in [6.07, 6.45) is 3.23. The van der Waals surface area contributed by atoms with Crippen molar-refractivity contribution in [2.75, 3.05) is 11.4 Å². The third kappa shape index (κ3) is 4.28. The third-order valence-electron chi connectivity index (χ3n) is 6.42. The number of sulfone groups is 1. The number of aromatic nitrogens is 1. The van der Waals surface area contributed by atoms with Gasteiger partial charge in [0.25, 0.3) is 0 Å². The first kappa shape index (κ1) is 22.1. The number of hydrogen-bond donors (Lipinski definition) is 0. The highest BCUT2D eigenvalue weighted by atomic mass is 32.2. The van der Waals surface area contributed by atoms with Crippen molar-refractivity contribution in [3.05, 3.63) is 90.8 Å². The molecule has 3 heterocycles. The normalized spacial score (nSPS) is 25.0. The minimum absolute atomic E-state index is 0.220. The highest BCUT2D eigenvalue weighted by Gasteiger charge is 2.57. The van der Waals surface area contributed by atoms with Gasteiger partial charge in [-0.1, -0.05) is 48.5 Å². The zero-order chi connectivity index (χ0) is 23.1. The first-order chi connectivity index (χ1) is 15.9. The van der Waals surface area contributed by atoms with Gasteiger partial charge in [0.2, 0.25) is 0 Å². The summed E-state index contributed by atoms with van der Waals surface area (Å²) in [5, 5.41) is -0.733. The lowest BCUT2D eigenvalue weighted by Crippen LogP contribution is -2.51. The summed E-state index contributed by atoms with van der Waals surface area (Å²) in [6, 6.07) is 21.9. The smallest absolute Gasteiger partial charge is 0.183 e. The Morgan fingerprint density at radius 1 is 0.970 bits per heavy atom. The summed E-state index contributed by atoms with van der Waals surface area (Å²) >= 11 is 0. The second kappa shape index (κ2) is 8.56. The molecule has 0 bridgehead atoms. The average molecular weight is 465 g/mol. The van der Waals surface area contributed by atoms with E-state index in [1.54, 1.807) is 36.7 Å². The lowest BCUT2D eigenvalue weighted by molar-refractivity contribution is -0.150. The number of pyridine rings is 1. The molecule has 2 aliphatic heterocycles. The van der Waals surface area contributed by atoms with Crippen LogP contribution in [0.5, 0.6) is 0 Å². The highest BCUT2D eigenvalue weighted by Crippen LogP contribution is 2.42. The Morgan fingerprint density at radius 3 is 2.27 bits per heavy atom. The monoisotopic (exact) mass is 464 g/mol. The SMILES string of the molecule is CC1(C)O[C@H]2[C@H]([C@@H](Cc3ccccc3)S(=O)(=O)c3ccccc3)N(c3ccncc3)C[C@H]2O1. The van der Waals surface area contributed by atoms with Crippen LogP contribution in [0.25, 0.3) is 0 Å². The van der Waals surface area contributed by atoms with E-state index in [1.807, 2.05) is 62.4 Å². The predicted molar refractivity (Wildman–Crippen MR) is 127 cm³/mol. The average Bonchev–Trinajstić information content (AvgIpc) is 3.31. The summed E-state index contributed by atoms with van der Waals surface area (Å²) in [5.41, 5.74) is 1.88. The number of rotatable bonds is 6. The van der Waals surface area contributed by atoms with Crippen molar-refractivity contribution in [2.24, 2.45) is 0 Å². The minimum atomic E-state index is -3.69. The Balaban J connectivity index is 1.63. The van der Waals surface area contributed by atoms with Crippen LogP contribution in [-0.2, 0) is 25.7 Å². The molecular formula is C26H28N2O4S. The molecule has 33 heavy (non-hydrogen) atoms. The maximum Gasteiger partial charge on any atom is 0.183 e. The maximum atomic E-state index is 14.1. The Hall–Kier alpha value is -2.74. The van der Waals surface area contributed by atoms with Crippen LogP contribution in [0.1, 0.15) is 19.4 Å². The molecule has 2 aromatic carbocycles. The second-order valence-electron chi connectivity index (χ2n) is 9.07. The molecule has 5 rings (SSSR count). The van der Waals surface area contributed by atoms with E-state index in [0.29, 0.717) is 17.9 Å². The predicted octanol–water partition coefficient (Wildman–Crippen LogP) is 3.88. The van der Waals surface area contributed by atoms with Gasteiger partial charge in [-0.2, -0.15) is 0 Å². The van der Waals surface area contributed by atoms with Gasteiger partial charge in [-0.25, -0.2) is 8.42 Å². The fraction of sp³-hybridized carbons (Fsp3) is 0.346. The molecule has 4 atom stereocenters. The van der Waals surface area contributed by atoms with Gasteiger partial charge in [0, 0.05) is 24.6 Å². The van der Waals surface area contributed by atoms with Crippen LogP contribution in [0.3, 0.4) is 0 Å². The van der Waals surface area contributed by atoms with E-state index in [-0.39, 0.29) is 12.2 Å². The molecule has 6 nitrogen and oxygen atoms in total. The van der Waals surface area contributed by atoms with Crippen molar-refractivity contribution >= 4 is 15.5 Å². The van der Waals surface area contributed by atoms with E-state index in [0.717, 1.165) is 11.3 Å². The molecule has 1 aromatic heterocycles. The number of anilines is 1. The minimum Gasteiger partial charge on any atom is -0.362 e. The third-order valence-corrected chi connectivity index (χ3v) is 8.59. The van der Waals surface area contributed by atoms with Crippen molar-refractivity contribution in [1.29, 1.82) is 0 Å². The van der Waals surface area contributed by atoms with Gasteiger partial charge >= 0.3 is 0 Å². The number of fused-ring (bicyclic) bond motifs is 1. The van der Waals surface area contributed by atoms with Crippen LogP contribution in [-0.4, -0.2) is 49.2 Å². The van der Waals surface area contributed by atoms with E-state index < -0.39 is 26.9 Å². The van der Waals surface area contributed by atoms with Crippen LogP contribution >= 0.6 is 0 Å². The van der Waals surface area contributed by atoms with E-state index in [4.69, 9.17) is 9.47 Å². The largest absolute Gasteiger partial charge is 0.362 e. The van der Waals surface area contributed by atoms with Crippen LogP contribution < -0.4 is 4.90 Å². The molecule has 172 valence electrons.